The van der Waals surface area contributed by atoms with E-state index in [0.717, 1.165) is 19.3 Å². The van der Waals surface area contributed by atoms with Gasteiger partial charge in [-0.05, 0) is 51.9 Å². The van der Waals surface area contributed by atoms with E-state index in [2.05, 4.69) is 0 Å². The van der Waals surface area contributed by atoms with Crippen molar-refractivity contribution < 1.29 is 19.4 Å². The number of carboxylic acids is 1. The van der Waals surface area contributed by atoms with E-state index in [0.29, 0.717) is 25.2 Å². The molecule has 4 heteroatoms. The molecule has 0 spiro atoms. The van der Waals surface area contributed by atoms with Gasteiger partial charge in [0.15, 0.2) is 0 Å². The van der Waals surface area contributed by atoms with Crippen molar-refractivity contribution in [2.45, 2.75) is 64.9 Å². The van der Waals surface area contributed by atoms with E-state index in [9.17, 15) is 9.59 Å². The van der Waals surface area contributed by atoms with Crippen molar-refractivity contribution >= 4 is 11.9 Å². The van der Waals surface area contributed by atoms with Gasteiger partial charge in [-0.15, -0.1) is 0 Å². The third-order valence-corrected chi connectivity index (χ3v) is 3.89. The molecule has 0 bridgehead atoms. The molecule has 0 radical (unpaired) electrons. The second-order valence-corrected chi connectivity index (χ2v) is 5.85. The first-order chi connectivity index (χ1) is 8.34. The topological polar surface area (TPSA) is 63.6 Å². The lowest BCUT2D eigenvalue weighted by Crippen LogP contribution is -2.29. The molecule has 0 aromatic carbocycles. The predicted octanol–water partition coefficient (Wildman–Crippen LogP) is 3.00. The molecule has 1 aliphatic carbocycles. The molecule has 0 atom stereocenters. The van der Waals surface area contributed by atoms with Gasteiger partial charge in [-0.25, -0.2) is 0 Å². The van der Waals surface area contributed by atoms with Crippen LogP contribution in [0.25, 0.3) is 0 Å². The molecular weight excluding hydrogens is 232 g/mol. The average molecular weight is 256 g/mol. The Balaban J connectivity index is 2.33. The number of carboxylic acid groups (broad SMARTS) is 1. The zero-order chi connectivity index (χ0) is 13.8. The Morgan fingerprint density at radius 3 is 2.22 bits per heavy atom. The van der Waals surface area contributed by atoms with Gasteiger partial charge in [0.1, 0.15) is 5.60 Å². The van der Waals surface area contributed by atoms with Crippen molar-refractivity contribution in [1.29, 1.82) is 0 Å². The first-order valence-corrected chi connectivity index (χ1v) is 6.78. The molecule has 0 heterocycles. The minimum atomic E-state index is -0.705. The smallest absolute Gasteiger partial charge is 0.306 e. The Hall–Kier alpha value is -1.06. The maximum Gasteiger partial charge on any atom is 0.306 e. The van der Waals surface area contributed by atoms with Crippen molar-refractivity contribution in [1.82, 2.24) is 0 Å². The minimum absolute atomic E-state index is 0.152. The lowest BCUT2D eigenvalue weighted by atomic mass is 9.80. The van der Waals surface area contributed by atoms with E-state index in [1.165, 1.54) is 0 Å². The Kier molecular flexibility index (Phi) is 5.17. The summed E-state index contributed by atoms with van der Waals surface area (Å²) in [7, 11) is 0. The Morgan fingerprint density at radius 2 is 1.78 bits per heavy atom. The molecule has 0 aliphatic heterocycles. The van der Waals surface area contributed by atoms with Crippen LogP contribution in [0.2, 0.25) is 0 Å². The van der Waals surface area contributed by atoms with Gasteiger partial charge < -0.3 is 9.84 Å². The van der Waals surface area contributed by atoms with Crippen LogP contribution >= 0.6 is 0 Å². The minimum Gasteiger partial charge on any atom is -0.481 e. The highest BCUT2D eigenvalue weighted by molar-refractivity contribution is 5.71. The highest BCUT2D eigenvalue weighted by Crippen LogP contribution is 2.31. The van der Waals surface area contributed by atoms with Crippen LogP contribution in [0.3, 0.4) is 0 Å². The molecule has 18 heavy (non-hydrogen) atoms. The van der Waals surface area contributed by atoms with E-state index < -0.39 is 11.6 Å². The molecule has 1 saturated carbocycles. The maximum absolute atomic E-state index is 11.8. The van der Waals surface area contributed by atoms with Crippen LogP contribution in [0, 0.1) is 11.8 Å². The van der Waals surface area contributed by atoms with Gasteiger partial charge in [0, 0.05) is 6.42 Å². The molecular formula is C14H24O4. The second-order valence-electron chi connectivity index (χ2n) is 5.85. The number of hydrogen-bond donors (Lipinski definition) is 1. The fourth-order valence-corrected chi connectivity index (χ4v) is 2.27. The lowest BCUT2D eigenvalue weighted by molar-refractivity contribution is -0.158. The molecule has 1 aliphatic rings. The van der Waals surface area contributed by atoms with Gasteiger partial charge in [0.05, 0.1) is 5.92 Å². The summed E-state index contributed by atoms with van der Waals surface area (Å²) < 4.78 is 5.41. The number of carbonyl (C=O) groups excluding carboxylic acids is 1. The molecule has 104 valence electrons. The first-order valence-electron chi connectivity index (χ1n) is 6.78. The van der Waals surface area contributed by atoms with Crippen LogP contribution in [0.4, 0.5) is 0 Å². The number of rotatable bonds is 5. The fraction of sp³-hybridized carbons (Fsp3) is 0.857. The first kappa shape index (κ1) is 15.0. The van der Waals surface area contributed by atoms with Crippen LogP contribution in [0.15, 0.2) is 0 Å². The summed E-state index contributed by atoms with van der Waals surface area (Å²) in [6.45, 7) is 5.81. The Bertz CT molecular complexity index is 301. The van der Waals surface area contributed by atoms with Gasteiger partial charge >= 0.3 is 11.9 Å². The van der Waals surface area contributed by atoms with Crippen molar-refractivity contribution in [2.24, 2.45) is 11.8 Å². The summed E-state index contributed by atoms with van der Waals surface area (Å²) in [6, 6.07) is 0. The molecule has 1 N–H and O–H groups in total. The van der Waals surface area contributed by atoms with Gasteiger partial charge in [0.25, 0.3) is 0 Å². The number of aliphatic carboxylic acids is 1. The lowest BCUT2D eigenvalue weighted by Gasteiger charge is -2.28. The number of esters is 1. The fourth-order valence-electron chi connectivity index (χ4n) is 2.27. The summed E-state index contributed by atoms with van der Waals surface area (Å²) in [5, 5.41) is 8.90. The number of ether oxygens (including phenoxy) is 1. The average Bonchev–Trinajstić information content (AvgIpc) is 2.29. The molecule has 0 saturated heterocycles. The van der Waals surface area contributed by atoms with Gasteiger partial charge in [-0.2, -0.15) is 0 Å². The summed E-state index contributed by atoms with van der Waals surface area (Å²) in [5.74, 6) is -0.783. The molecule has 0 aromatic rings. The summed E-state index contributed by atoms with van der Waals surface area (Å²) in [4.78, 5) is 22.6. The molecule has 0 amide bonds. The van der Waals surface area contributed by atoms with Crippen molar-refractivity contribution in [3.05, 3.63) is 0 Å². The SMILES string of the molecule is CCC(C)(C)OC(=O)CC1CCC(C(=O)O)CC1. The van der Waals surface area contributed by atoms with Crippen LogP contribution in [-0.2, 0) is 14.3 Å². The van der Waals surface area contributed by atoms with E-state index >= 15 is 0 Å². The Morgan fingerprint density at radius 1 is 1.22 bits per heavy atom. The van der Waals surface area contributed by atoms with E-state index in [-0.39, 0.29) is 11.9 Å². The number of hydrogen-bond acceptors (Lipinski definition) is 3. The summed E-state index contributed by atoms with van der Waals surface area (Å²) >= 11 is 0. The van der Waals surface area contributed by atoms with Crippen molar-refractivity contribution in [3.63, 3.8) is 0 Å². The monoisotopic (exact) mass is 256 g/mol. The van der Waals surface area contributed by atoms with E-state index in [4.69, 9.17) is 9.84 Å². The quantitative estimate of drug-likeness (QED) is 0.768. The van der Waals surface area contributed by atoms with Crippen LogP contribution in [0.1, 0.15) is 59.3 Å². The number of carbonyl (C=O) groups is 2. The summed E-state index contributed by atoms with van der Waals surface area (Å²) in [6.07, 6.45) is 4.23. The molecule has 0 aromatic heterocycles. The Labute approximate surface area is 109 Å². The van der Waals surface area contributed by atoms with Crippen LogP contribution < -0.4 is 0 Å². The predicted molar refractivity (Wildman–Crippen MR) is 68.2 cm³/mol. The van der Waals surface area contributed by atoms with E-state index in [1.807, 2.05) is 20.8 Å². The zero-order valence-corrected chi connectivity index (χ0v) is 11.6. The maximum atomic E-state index is 11.8. The van der Waals surface area contributed by atoms with Crippen molar-refractivity contribution in [3.8, 4) is 0 Å². The molecule has 1 rings (SSSR count). The largest absolute Gasteiger partial charge is 0.481 e. The highest BCUT2D eigenvalue weighted by Gasteiger charge is 2.29. The van der Waals surface area contributed by atoms with E-state index in [1.54, 1.807) is 0 Å². The van der Waals surface area contributed by atoms with Gasteiger partial charge in [0.2, 0.25) is 0 Å². The van der Waals surface area contributed by atoms with Crippen molar-refractivity contribution in [2.75, 3.05) is 0 Å². The second kappa shape index (κ2) is 6.21. The molecule has 0 unspecified atom stereocenters. The third kappa shape index (κ3) is 4.67. The standard InChI is InChI=1S/C14H24O4/c1-4-14(2,3)18-12(15)9-10-5-7-11(8-6-10)13(16)17/h10-11H,4-9H2,1-3H3,(H,16,17). The normalized spacial score (nSPS) is 24.6. The summed E-state index contributed by atoms with van der Waals surface area (Å²) in [5.41, 5.74) is -0.394. The van der Waals surface area contributed by atoms with Gasteiger partial charge in [-0.1, -0.05) is 6.92 Å². The van der Waals surface area contributed by atoms with Crippen LogP contribution in [0.5, 0.6) is 0 Å². The van der Waals surface area contributed by atoms with Crippen LogP contribution in [-0.4, -0.2) is 22.6 Å². The molecule has 4 nitrogen and oxygen atoms in total. The highest BCUT2D eigenvalue weighted by atomic mass is 16.6. The zero-order valence-electron chi connectivity index (χ0n) is 11.6. The van der Waals surface area contributed by atoms with Gasteiger partial charge in [-0.3, -0.25) is 9.59 Å². The third-order valence-electron chi connectivity index (χ3n) is 3.89. The molecule has 1 fully saturated rings.